The van der Waals surface area contributed by atoms with Gasteiger partial charge in [-0.05, 0) is 18.9 Å². The fraction of sp³-hybridized carbons (Fsp3) is 0.421. The quantitative estimate of drug-likeness (QED) is 0.527. The Balaban J connectivity index is 1.51. The maximum atomic E-state index is 13.9. The molecule has 4 heterocycles. The summed E-state index contributed by atoms with van der Waals surface area (Å²) in [6.07, 6.45) is 2.49. The zero-order valence-electron chi connectivity index (χ0n) is 16.2. The molecule has 3 aromatic rings. The summed E-state index contributed by atoms with van der Waals surface area (Å²) in [6, 6.07) is 0.775. The number of nitrogens with zero attached hydrogens (tertiary/aromatic N) is 4. The normalized spacial score (nSPS) is 23.2. The Morgan fingerprint density at radius 2 is 2.20 bits per heavy atom. The van der Waals surface area contributed by atoms with Crippen molar-refractivity contribution in [1.29, 1.82) is 0 Å². The fourth-order valence-corrected chi connectivity index (χ4v) is 4.21. The molecular formula is C19H22F2N6O2S. The molecule has 4 atom stereocenters. The van der Waals surface area contributed by atoms with E-state index in [1.54, 1.807) is 23.3 Å². The second-order valence-electron chi connectivity index (χ2n) is 7.16. The van der Waals surface area contributed by atoms with Crippen LogP contribution in [0.25, 0.3) is 10.6 Å². The molecule has 0 spiro atoms. The van der Waals surface area contributed by atoms with Crippen LogP contribution in [-0.2, 0) is 11.8 Å². The predicted molar refractivity (Wildman–Crippen MR) is 108 cm³/mol. The van der Waals surface area contributed by atoms with Gasteiger partial charge in [-0.25, -0.2) is 13.8 Å². The van der Waals surface area contributed by atoms with E-state index in [0.717, 1.165) is 6.20 Å². The van der Waals surface area contributed by atoms with Gasteiger partial charge in [-0.15, -0.1) is 11.3 Å². The fourth-order valence-electron chi connectivity index (χ4n) is 3.39. The number of nitrogens with two attached hydrogens (primary N) is 1. The van der Waals surface area contributed by atoms with Crippen molar-refractivity contribution in [1.82, 2.24) is 19.7 Å². The average Bonchev–Trinajstić information content (AvgIpc) is 3.32. The molecule has 1 aliphatic heterocycles. The van der Waals surface area contributed by atoms with E-state index in [1.165, 1.54) is 23.6 Å². The van der Waals surface area contributed by atoms with Crippen LogP contribution in [0.15, 0.2) is 30.0 Å². The predicted octanol–water partition coefficient (Wildman–Crippen LogP) is 2.70. The number of aryl methyl sites for hydroxylation is 1. The summed E-state index contributed by atoms with van der Waals surface area (Å²) in [7, 11) is 1.76. The lowest BCUT2D eigenvalue weighted by Gasteiger charge is -2.19. The van der Waals surface area contributed by atoms with Crippen molar-refractivity contribution in [2.75, 3.05) is 11.9 Å². The summed E-state index contributed by atoms with van der Waals surface area (Å²) >= 11 is 1.27. The minimum absolute atomic E-state index is 0.0872. The highest BCUT2D eigenvalue weighted by Crippen LogP contribution is 2.34. The molecule has 0 bridgehead atoms. The molecule has 30 heavy (non-hydrogen) atoms. The molecular weight excluding hydrogens is 414 g/mol. The van der Waals surface area contributed by atoms with Crippen LogP contribution in [-0.4, -0.2) is 43.7 Å². The molecule has 4 rings (SSSR count). The number of thiazole rings is 1. The number of alkyl halides is 1. The number of aliphatic hydroxyl groups excluding tert-OH is 1. The molecule has 0 saturated carbocycles. The third-order valence-corrected chi connectivity index (χ3v) is 5.93. The van der Waals surface area contributed by atoms with E-state index in [2.05, 4.69) is 20.4 Å². The number of aromatic nitrogens is 4. The lowest BCUT2D eigenvalue weighted by molar-refractivity contribution is 0.0246. The third kappa shape index (κ3) is 4.33. The Kier molecular flexibility index (Phi) is 6.04. The number of anilines is 1. The highest BCUT2D eigenvalue weighted by atomic mass is 32.1. The standard InChI is InChI=1S/C19H22F2N6O2S/c1-27-17(16-3-2-13(22)12(21)8-29-16)14(7-24-27)25-18(28)15-9-30-19(26-15)10-4-11(20)6-23-5-10/h4-7,9,12-13,16,18,25,28H,2-3,8,22H2,1H3/t12-,13-,16+,18?/m1/s1. The minimum Gasteiger partial charge on any atom is -0.369 e. The number of pyridine rings is 1. The van der Waals surface area contributed by atoms with Crippen LogP contribution in [0.4, 0.5) is 14.5 Å². The Morgan fingerprint density at radius 3 is 3.00 bits per heavy atom. The summed E-state index contributed by atoms with van der Waals surface area (Å²) in [5.41, 5.74) is 7.98. The molecule has 160 valence electrons. The van der Waals surface area contributed by atoms with Crippen molar-refractivity contribution in [3.05, 3.63) is 47.2 Å². The van der Waals surface area contributed by atoms with Gasteiger partial charge in [0.15, 0.2) is 6.23 Å². The van der Waals surface area contributed by atoms with Crippen LogP contribution in [0.1, 0.15) is 36.6 Å². The number of ether oxygens (including phenoxy) is 1. The van der Waals surface area contributed by atoms with Gasteiger partial charge in [0.1, 0.15) is 28.8 Å². The molecule has 0 amide bonds. The summed E-state index contributed by atoms with van der Waals surface area (Å²) in [4.78, 5) is 8.20. The molecule has 8 nitrogen and oxygen atoms in total. The Bertz CT molecular complexity index is 1000. The van der Waals surface area contributed by atoms with E-state index in [1.807, 2.05) is 0 Å². The third-order valence-electron chi connectivity index (χ3n) is 5.02. The molecule has 0 radical (unpaired) electrons. The second-order valence-corrected chi connectivity index (χ2v) is 8.02. The van der Waals surface area contributed by atoms with E-state index >= 15 is 0 Å². The molecule has 0 aliphatic carbocycles. The van der Waals surface area contributed by atoms with Crippen molar-refractivity contribution >= 4 is 17.0 Å². The second kappa shape index (κ2) is 8.72. The molecule has 1 fully saturated rings. The van der Waals surface area contributed by atoms with Crippen LogP contribution in [0.3, 0.4) is 0 Å². The molecule has 0 aromatic carbocycles. The van der Waals surface area contributed by atoms with Crippen molar-refractivity contribution < 1.29 is 18.6 Å². The van der Waals surface area contributed by atoms with E-state index in [4.69, 9.17) is 10.5 Å². The first-order valence-electron chi connectivity index (χ1n) is 9.46. The number of nitrogens with one attached hydrogen (secondary N) is 1. The van der Waals surface area contributed by atoms with E-state index < -0.39 is 30.4 Å². The average molecular weight is 436 g/mol. The Labute approximate surface area is 175 Å². The molecule has 3 aromatic heterocycles. The van der Waals surface area contributed by atoms with Crippen molar-refractivity contribution in [2.45, 2.75) is 37.4 Å². The van der Waals surface area contributed by atoms with Crippen LogP contribution in [0.2, 0.25) is 0 Å². The maximum Gasteiger partial charge on any atom is 0.169 e. The van der Waals surface area contributed by atoms with Crippen LogP contribution < -0.4 is 11.1 Å². The topological polar surface area (TPSA) is 111 Å². The van der Waals surface area contributed by atoms with Crippen molar-refractivity contribution in [3.8, 4) is 10.6 Å². The first-order chi connectivity index (χ1) is 14.4. The van der Waals surface area contributed by atoms with Gasteiger partial charge in [-0.3, -0.25) is 9.67 Å². The number of aliphatic hydroxyl groups is 1. The van der Waals surface area contributed by atoms with E-state index in [-0.39, 0.29) is 6.61 Å². The number of rotatable bonds is 5. The van der Waals surface area contributed by atoms with Gasteiger partial charge in [-0.1, -0.05) is 0 Å². The molecule has 4 N–H and O–H groups in total. The summed E-state index contributed by atoms with van der Waals surface area (Å²) in [5, 5.41) is 20.1. The molecule has 1 aliphatic rings. The minimum atomic E-state index is -1.21. The van der Waals surface area contributed by atoms with Gasteiger partial charge in [0.25, 0.3) is 0 Å². The highest BCUT2D eigenvalue weighted by Gasteiger charge is 2.30. The first kappa shape index (κ1) is 20.8. The Hall–Kier alpha value is -2.47. The number of halogens is 2. The van der Waals surface area contributed by atoms with Gasteiger partial charge in [0.2, 0.25) is 0 Å². The zero-order chi connectivity index (χ0) is 21.3. The van der Waals surface area contributed by atoms with E-state index in [0.29, 0.717) is 40.5 Å². The first-order valence-corrected chi connectivity index (χ1v) is 10.3. The van der Waals surface area contributed by atoms with Gasteiger partial charge in [0, 0.05) is 30.2 Å². The van der Waals surface area contributed by atoms with Gasteiger partial charge >= 0.3 is 0 Å². The summed E-state index contributed by atoms with van der Waals surface area (Å²) in [6.45, 7) is -0.0872. The number of hydrogen-bond acceptors (Lipinski definition) is 8. The van der Waals surface area contributed by atoms with Crippen molar-refractivity contribution in [3.63, 3.8) is 0 Å². The van der Waals surface area contributed by atoms with E-state index in [9.17, 15) is 13.9 Å². The molecule has 1 saturated heterocycles. The molecule has 11 heteroatoms. The van der Waals surface area contributed by atoms with Gasteiger partial charge in [0.05, 0.1) is 30.4 Å². The highest BCUT2D eigenvalue weighted by molar-refractivity contribution is 7.13. The van der Waals surface area contributed by atoms with Gasteiger partial charge < -0.3 is 20.9 Å². The summed E-state index contributed by atoms with van der Waals surface area (Å²) < 4.78 is 34.6. The summed E-state index contributed by atoms with van der Waals surface area (Å²) in [5.74, 6) is -0.457. The smallest absolute Gasteiger partial charge is 0.169 e. The van der Waals surface area contributed by atoms with Crippen LogP contribution in [0.5, 0.6) is 0 Å². The van der Waals surface area contributed by atoms with Crippen LogP contribution in [0, 0.1) is 5.82 Å². The maximum absolute atomic E-state index is 13.9. The zero-order valence-corrected chi connectivity index (χ0v) is 17.0. The van der Waals surface area contributed by atoms with Gasteiger partial charge in [-0.2, -0.15) is 5.10 Å². The monoisotopic (exact) mass is 436 g/mol. The van der Waals surface area contributed by atoms with Crippen molar-refractivity contribution in [2.24, 2.45) is 12.8 Å². The Morgan fingerprint density at radius 1 is 1.37 bits per heavy atom. The number of hydrogen-bond donors (Lipinski definition) is 3. The van der Waals surface area contributed by atoms with Crippen LogP contribution >= 0.6 is 11.3 Å². The SMILES string of the molecule is Cn1ncc(NC(O)c2csc(-c3cncc(F)c3)n2)c1[C@@H]1CC[C@@H](N)[C@H](F)CO1. The molecule has 1 unspecified atom stereocenters. The largest absolute Gasteiger partial charge is 0.369 e. The lowest BCUT2D eigenvalue weighted by atomic mass is 10.0. The lowest BCUT2D eigenvalue weighted by Crippen LogP contribution is -2.32.